The maximum atomic E-state index is 4.70. The fourth-order valence-corrected chi connectivity index (χ4v) is 0.607. The summed E-state index contributed by atoms with van der Waals surface area (Å²) in [5.41, 5.74) is 0.293. The molecule has 0 N–H and O–H groups in total. The van der Waals surface area contributed by atoms with E-state index in [4.69, 9.17) is 9.78 Å². The summed E-state index contributed by atoms with van der Waals surface area (Å²) in [6.07, 6.45) is 0.0602. The zero-order valence-corrected chi connectivity index (χ0v) is 6.47. The summed E-state index contributed by atoms with van der Waals surface area (Å²) < 4.78 is 0. The third-order valence-corrected chi connectivity index (χ3v) is 1.98. The SMILES string of the molecule is CC(C1OO1)C(C)(C)C. The molecule has 0 aromatic heterocycles. The van der Waals surface area contributed by atoms with Crippen LogP contribution in [-0.2, 0) is 9.78 Å². The Bertz CT molecular complexity index is 100.0. The average molecular weight is 130 g/mol. The lowest BCUT2D eigenvalue weighted by molar-refractivity contribution is 0.0850. The van der Waals surface area contributed by atoms with Gasteiger partial charge in [-0.2, -0.15) is 9.78 Å². The first-order chi connectivity index (χ1) is 4.02. The summed E-state index contributed by atoms with van der Waals surface area (Å²) in [4.78, 5) is 9.39. The lowest BCUT2D eigenvalue weighted by Crippen LogP contribution is -2.21. The Morgan fingerprint density at radius 3 is 1.78 bits per heavy atom. The molecule has 0 aromatic rings. The summed E-state index contributed by atoms with van der Waals surface area (Å²) in [6, 6.07) is 0. The smallest absolute Gasteiger partial charge is 0.198 e. The van der Waals surface area contributed by atoms with Gasteiger partial charge in [-0.25, -0.2) is 0 Å². The minimum atomic E-state index is 0.0602. The van der Waals surface area contributed by atoms with E-state index in [1.807, 2.05) is 0 Å². The van der Waals surface area contributed by atoms with E-state index in [2.05, 4.69) is 27.7 Å². The second-order valence-corrected chi connectivity index (χ2v) is 3.72. The summed E-state index contributed by atoms with van der Waals surface area (Å²) >= 11 is 0. The van der Waals surface area contributed by atoms with Crippen LogP contribution >= 0.6 is 0 Å². The van der Waals surface area contributed by atoms with Crippen LogP contribution < -0.4 is 0 Å². The zero-order valence-electron chi connectivity index (χ0n) is 6.47. The van der Waals surface area contributed by atoms with E-state index in [1.165, 1.54) is 0 Å². The first-order valence-corrected chi connectivity index (χ1v) is 3.34. The van der Waals surface area contributed by atoms with Crippen molar-refractivity contribution in [2.45, 2.75) is 34.0 Å². The zero-order chi connectivity index (χ0) is 7.07. The summed E-state index contributed by atoms with van der Waals surface area (Å²) in [6.45, 7) is 8.69. The third kappa shape index (κ3) is 1.66. The second kappa shape index (κ2) is 1.96. The van der Waals surface area contributed by atoms with Crippen molar-refractivity contribution in [3.63, 3.8) is 0 Å². The van der Waals surface area contributed by atoms with Crippen LogP contribution in [0.1, 0.15) is 27.7 Å². The normalized spacial score (nSPS) is 24.0. The molecule has 1 unspecified atom stereocenters. The predicted molar refractivity (Wildman–Crippen MR) is 34.6 cm³/mol. The predicted octanol–water partition coefficient (Wildman–Crippen LogP) is 1.96. The molecule has 1 saturated heterocycles. The van der Waals surface area contributed by atoms with Crippen molar-refractivity contribution in [1.82, 2.24) is 0 Å². The highest BCUT2D eigenvalue weighted by atomic mass is 17.4. The van der Waals surface area contributed by atoms with Gasteiger partial charge >= 0.3 is 0 Å². The van der Waals surface area contributed by atoms with Gasteiger partial charge in [-0.15, -0.1) is 0 Å². The highest BCUT2D eigenvalue weighted by Crippen LogP contribution is 2.35. The van der Waals surface area contributed by atoms with E-state index in [1.54, 1.807) is 0 Å². The lowest BCUT2D eigenvalue weighted by atomic mass is 9.82. The highest BCUT2D eigenvalue weighted by Gasteiger charge is 2.39. The van der Waals surface area contributed by atoms with E-state index in [-0.39, 0.29) is 6.29 Å². The summed E-state index contributed by atoms with van der Waals surface area (Å²) in [5.74, 6) is 0.484. The lowest BCUT2D eigenvalue weighted by Gasteiger charge is -2.23. The molecule has 0 aromatic carbocycles. The van der Waals surface area contributed by atoms with Gasteiger partial charge in [-0.1, -0.05) is 27.7 Å². The molecule has 0 spiro atoms. The molecule has 0 amide bonds. The van der Waals surface area contributed by atoms with E-state index in [9.17, 15) is 0 Å². The van der Waals surface area contributed by atoms with Crippen LogP contribution in [0.4, 0.5) is 0 Å². The van der Waals surface area contributed by atoms with Crippen LogP contribution in [-0.4, -0.2) is 6.29 Å². The van der Waals surface area contributed by atoms with Crippen LogP contribution in [0.2, 0.25) is 0 Å². The van der Waals surface area contributed by atoms with Gasteiger partial charge in [0, 0.05) is 5.92 Å². The molecule has 0 radical (unpaired) electrons. The Morgan fingerprint density at radius 1 is 1.22 bits per heavy atom. The van der Waals surface area contributed by atoms with Crippen molar-refractivity contribution in [3.05, 3.63) is 0 Å². The molecule has 2 heteroatoms. The van der Waals surface area contributed by atoms with Crippen molar-refractivity contribution in [1.29, 1.82) is 0 Å². The maximum absolute atomic E-state index is 4.70. The number of rotatable bonds is 1. The molecule has 0 aliphatic carbocycles. The Morgan fingerprint density at radius 2 is 1.67 bits per heavy atom. The van der Waals surface area contributed by atoms with E-state index in [0.717, 1.165) is 0 Å². The monoisotopic (exact) mass is 130 g/mol. The minimum absolute atomic E-state index is 0.0602. The van der Waals surface area contributed by atoms with Crippen molar-refractivity contribution < 1.29 is 9.78 Å². The van der Waals surface area contributed by atoms with Crippen molar-refractivity contribution in [2.24, 2.45) is 11.3 Å². The van der Waals surface area contributed by atoms with Gasteiger partial charge in [0.05, 0.1) is 0 Å². The molecule has 0 saturated carbocycles. The first-order valence-electron chi connectivity index (χ1n) is 3.34. The van der Waals surface area contributed by atoms with Gasteiger partial charge in [0.15, 0.2) is 0 Å². The standard InChI is InChI=1S/C7H14O2/c1-5(6-8-9-6)7(2,3)4/h5-6H,1-4H3. The Balaban J connectivity index is 2.40. The molecule has 1 heterocycles. The number of hydrogen-bond donors (Lipinski definition) is 0. The minimum Gasteiger partial charge on any atom is -0.198 e. The topological polar surface area (TPSA) is 25.1 Å². The Kier molecular flexibility index (Phi) is 1.53. The van der Waals surface area contributed by atoms with Crippen LogP contribution in [0.15, 0.2) is 0 Å². The van der Waals surface area contributed by atoms with Crippen molar-refractivity contribution in [3.8, 4) is 0 Å². The quantitative estimate of drug-likeness (QED) is 0.400. The van der Waals surface area contributed by atoms with Gasteiger partial charge in [-0.3, -0.25) is 0 Å². The molecule has 0 bridgehead atoms. The largest absolute Gasteiger partial charge is 0.227 e. The third-order valence-electron chi connectivity index (χ3n) is 1.98. The van der Waals surface area contributed by atoms with Crippen LogP contribution in [0, 0.1) is 11.3 Å². The molecule has 1 atom stereocenters. The first kappa shape index (κ1) is 7.03. The van der Waals surface area contributed by atoms with Gasteiger partial charge in [0.1, 0.15) is 0 Å². The Labute approximate surface area is 56.1 Å². The highest BCUT2D eigenvalue weighted by molar-refractivity contribution is 4.74. The average Bonchev–Trinajstić information content (AvgIpc) is 2.40. The van der Waals surface area contributed by atoms with E-state index in [0.29, 0.717) is 11.3 Å². The molecule has 1 fully saturated rings. The van der Waals surface area contributed by atoms with Crippen molar-refractivity contribution >= 4 is 0 Å². The fourth-order valence-electron chi connectivity index (χ4n) is 0.607. The maximum Gasteiger partial charge on any atom is 0.227 e. The molecular weight excluding hydrogens is 116 g/mol. The fraction of sp³-hybridized carbons (Fsp3) is 1.00. The molecular formula is C7H14O2. The van der Waals surface area contributed by atoms with E-state index < -0.39 is 0 Å². The van der Waals surface area contributed by atoms with Gasteiger partial charge in [0.2, 0.25) is 6.29 Å². The molecule has 9 heavy (non-hydrogen) atoms. The van der Waals surface area contributed by atoms with Crippen LogP contribution in [0.5, 0.6) is 0 Å². The molecule has 1 aliphatic rings. The molecule has 2 nitrogen and oxygen atoms in total. The second-order valence-electron chi connectivity index (χ2n) is 3.72. The molecule has 1 aliphatic heterocycles. The Hall–Kier alpha value is -0.0800. The summed E-state index contributed by atoms with van der Waals surface area (Å²) in [7, 11) is 0. The summed E-state index contributed by atoms with van der Waals surface area (Å²) in [5, 5.41) is 0. The molecule has 54 valence electrons. The van der Waals surface area contributed by atoms with Crippen LogP contribution in [0.25, 0.3) is 0 Å². The van der Waals surface area contributed by atoms with Gasteiger partial charge in [0.25, 0.3) is 0 Å². The van der Waals surface area contributed by atoms with Crippen molar-refractivity contribution in [2.75, 3.05) is 0 Å². The number of hydrogen-bond acceptors (Lipinski definition) is 2. The van der Waals surface area contributed by atoms with Gasteiger partial charge < -0.3 is 0 Å². The molecule has 1 rings (SSSR count). The van der Waals surface area contributed by atoms with E-state index >= 15 is 0 Å². The van der Waals surface area contributed by atoms with Gasteiger partial charge in [-0.05, 0) is 5.41 Å². The van der Waals surface area contributed by atoms with Crippen LogP contribution in [0.3, 0.4) is 0 Å².